The highest BCUT2D eigenvalue weighted by Gasteiger charge is 2.84. The SMILES string of the molecule is CCC(=O)O[C@H](C(C)O)[C@H]1C[C@@H](C)C2[C@H](O1)[C@H](O)[C@@]1(C)[C@@H]3CC[C@H]4C(C)(C)[C@@H](O[C@H]5CN(C6CCOCC6)CCO5)CC[C@@]45C[C@@]35CC[C@]21C. The number of morpholine rings is 1. The highest BCUT2D eigenvalue weighted by Crippen LogP contribution is 2.89. The number of carbonyl (C=O) groups is 1. The number of rotatable bonds is 7. The van der Waals surface area contributed by atoms with Gasteiger partial charge < -0.3 is 33.9 Å². The largest absolute Gasteiger partial charge is 0.457 e. The van der Waals surface area contributed by atoms with E-state index in [0.29, 0.717) is 23.3 Å². The van der Waals surface area contributed by atoms with Gasteiger partial charge in [-0.05, 0) is 116 Å². The minimum atomic E-state index is -0.839. The van der Waals surface area contributed by atoms with Crippen molar-refractivity contribution in [1.29, 1.82) is 0 Å². The maximum atomic E-state index is 12.6. The lowest BCUT2D eigenvalue weighted by atomic mass is 9.41. The van der Waals surface area contributed by atoms with E-state index in [1.807, 2.05) is 0 Å². The van der Waals surface area contributed by atoms with E-state index < -0.39 is 24.4 Å². The second kappa shape index (κ2) is 12.6. The predicted octanol–water partition coefficient (Wildman–Crippen LogP) is 5.72. The van der Waals surface area contributed by atoms with Crippen molar-refractivity contribution in [1.82, 2.24) is 4.90 Å². The first-order valence-electron chi connectivity index (χ1n) is 20.5. The van der Waals surface area contributed by atoms with Crippen molar-refractivity contribution in [2.45, 2.75) is 168 Å². The molecule has 15 atom stereocenters. The monoisotopic (exact) mass is 701 g/mol. The van der Waals surface area contributed by atoms with Crippen molar-refractivity contribution in [3.8, 4) is 0 Å². The molecule has 3 aliphatic heterocycles. The first-order valence-corrected chi connectivity index (χ1v) is 20.5. The van der Waals surface area contributed by atoms with Gasteiger partial charge in [-0.15, -0.1) is 0 Å². The van der Waals surface area contributed by atoms with Gasteiger partial charge in [0.25, 0.3) is 0 Å². The Labute approximate surface area is 300 Å². The second-order valence-corrected chi connectivity index (χ2v) is 19.4. The molecule has 0 bridgehead atoms. The number of hydrogen-bond donors (Lipinski definition) is 2. The van der Waals surface area contributed by atoms with E-state index in [-0.39, 0.29) is 64.4 Å². The topological polar surface area (TPSA) is 107 Å². The number of aliphatic hydroxyl groups is 2. The van der Waals surface area contributed by atoms with Crippen molar-refractivity contribution in [3.63, 3.8) is 0 Å². The van der Waals surface area contributed by atoms with Crippen LogP contribution in [0, 0.1) is 50.7 Å². The van der Waals surface area contributed by atoms with Gasteiger partial charge in [0.15, 0.2) is 12.4 Å². The van der Waals surface area contributed by atoms with Crippen LogP contribution in [-0.4, -0.2) is 103 Å². The number of carbonyl (C=O) groups excluding carboxylic acids is 1. The zero-order valence-corrected chi connectivity index (χ0v) is 32.0. The van der Waals surface area contributed by atoms with Crippen LogP contribution in [0.25, 0.3) is 0 Å². The summed E-state index contributed by atoms with van der Waals surface area (Å²) in [4.78, 5) is 14.9. The maximum absolute atomic E-state index is 12.6. The van der Waals surface area contributed by atoms with E-state index in [2.05, 4.69) is 39.5 Å². The lowest BCUT2D eigenvalue weighted by Gasteiger charge is -2.64. The van der Waals surface area contributed by atoms with Gasteiger partial charge in [-0.1, -0.05) is 41.5 Å². The van der Waals surface area contributed by atoms with Crippen LogP contribution in [0.4, 0.5) is 0 Å². The summed E-state index contributed by atoms with van der Waals surface area (Å²) >= 11 is 0. The molecule has 5 saturated carbocycles. The Bertz CT molecular complexity index is 1290. The molecule has 0 amide bonds. The van der Waals surface area contributed by atoms with Gasteiger partial charge in [-0.2, -0.15) is 0 Å². The van der Waals surface area contributed by atoms with E-state index in [4.69, 9.17) is 23.7 Å². The predicted molar refractivity (Wildman–Crippen MR) is 188 cm³/mol. The van der Waals surface area contributed by atoms with Crippen molar-refractivity contribution in [3.05, 3.63) is 0 Å². The third kappa shape index (κ3) is 5.05. The first kappa shape index (κ1) is 36.2. The Morgan fingerprint density at radius 3 is 2.42 bits per heavy atom. The minimum absolute atomic E-state index is 0.0427. The number of esters is 1. The van der Waals surface area contributed by atoms with Crippen LogP contribution < -0.4 is 0 Å². The van der Waals surface area contributed by atoms with Crippen LogP contribution in [0.1, 0.15) is 119 Å². The number of fused-ring (bicyclic) bond motifs is 4. The van der Waals surface area contributed by atoms with E-state index in [0.717, 1.165) is 71.4 Å². The standard InChI is InChI=1S/C41H67NO8/c1-8-31(44)50-34(25(3)43)27-21-24(2)33-35(48-27)36(45)39(7)29-10-9-28-37(4,5)30(11-14-40(28)23-41(29,40)16-15-38(33,39)6)49-32-22-42(17-20-47-32)26-12-18-46-19-13-26/h24-30,32-36,43,45H,8-23H2,1-7H3/t24-,25?,27-,28+,29+,30+,32+,33?,34-,35+,36+,38-,39-,40-,41+/m1/s1. The maximum Gasteiger partial charge on any atom is 0.305 e. The van der Waals surface area contributed by atoms with Gasteiger partial charge in [0.1, 0.15) is 0 Å². The van der Waals surface area contributed by atoms with E-state index in [1.54, 1.807) is 13.8 Å². The lowest BCUT2D eigenvalue weighted by molar-refractivity contribution is -0.252. The fourth-order valence-electron chi connectivity index (χ4n) is 14.8. The third-order valence-corrected chi connectivity index (χ3v) is 17.3. The first-order chi connectivity index (χ1) is 23.7. The van der Waals surface area contributed by atoms with E-state index in [9.17, 15) is 15.0 Å². The highest BCUT2D eigenvalue weighted by atomic mass is 16.7. The average Bonchev–Trinajstić information content (AvgIpc) is 3.73. The molecule has 9 nitrogen and oxygen atoms in total. The summed E-state index contributed by atoms with van der Waals surface area (Å²) in [6, 6.07) is 0.577. The average molecular weight is 702 g/mol. The molecule has 284 valence electrons. The summed E-state index contributed by atoms with van der Waals surface area (Å²) in [5.74, 6) is 1.26. The van der Waals surface area contributed by atoms with Gasteiger partial charge in [0.05, 0.1) is 37.1 Å². The summed E-state index contributed by atoms with van der Waals surface area (Å²) in [6.45, 7) is 19.9. The molecule has 0 aromatic heterocycles. The van der Waals surface area contributed by atoms with Gasteiger partial charge in [-0.3, -0.25) is 9.69 Å². The molecule has 8 aliphatic rings. The molecule has 3 saturated heterocycles. The summed E-state index contributed by atoms with van der Waals surface area (Å²) < 4.78 is 31.5. The van der Waals surface area contributed by atoms with Crippen LogP contribution in [0.2, 0.25) is 0 Å². The van der Waals surface area contributed by atoms with E-state index >= 15 is 0 Å². The molecule has 5 aliphatic carbocycles. The van der Waals surface area contributed by atoms with E-state index in [1.165, 1.54) is 25.7 Å². The molecule has 9 heteroatoms. The molecule has 3 heterocycles. The van der Waals surface area contributed by atoms with Crippen molar-refractivity contribution >= 4 is 5.97 Å². The highest BCUT2D eigenvalue weighted by molar-refractivity contribution is 5.69. The molecule has 0 radical (unpaired) electrons. The molecule has 0 aromatic carbocycles. The van der Waals surface area contributed by atoms with Gasteiger partial charge in [-0.25, -0.2) is 0 Å². The van der Waals surface area contributed by atoms with Crippen molar-refractivity contribution in [2.24, 2.45) is 50.7 Å². The van der Waals surface area contributed by atoms with Crippen LogP contribution >= 0.6 is 0 Å². The number of nitrogens with zero attached hydrogens (tertiary/aromatic N) is 1. The number of ether oxygens (including phenoxy) is 5. The van der Waals surface area contributed by atoms with Gasteiger partial charge in [0, 0.05) is 44.2 Å². The van der Waals surface area contributed by atoms with Crippen LogP contribution in [0.3, 0.4) is 0 Å². The van der Waals surface area contributed by atoms with Crippen LogP contribution in [0.15, 0.2) is 0 Å². The fourth-order valence-corrected chi connectivity index (χ4v) is 14.8. The van der Waals surface area contributed by atoms with Crippen LogP contribution in [0.5, 0.6) is 0 Å². The zero-order valence-electron chi connectivity index (χ0n) is 32.0. The Kier molecular flexibility index (Phi) is 9.14. The summed E-state index contributed by atoms with van der Waals surface area (Å²) in [5.41, 5.74) is 0.333. The quantitative estimate of drug-likeness (QED) is 0.322. The Morgan fingerprint density at radius 2 is 1.70 bits per heavy atom. The Hall–Kier alpha value is -0.810. The molecule has 2 spiro atoms. The van der Waals surface area contributed by atoms with Crippen LogP contribution in [-0.2, 0) is 28.5 Å². The van der Waals surface area contributed by atoms with Crippen molar-refractivity contribution in [2.75, 3.05) is 32.9 Å². The smallest absolute Gasteiger partial charge is 0.305 e. The molecule has 2 N–H and O–H groups in total. The van der Waals surface area contributed by atoms with Gasteiger partial charge in [0.2, 0.25) is 0 Å². The van der Waals surface area contributed by atoms with Crippen molar-refractivity contribution < 1.29 is 38.7 Å². The molecule has 2 unspecified atom stereocenters. The fraction of sp³-hybridized carbons (Fsp3) is 0.976. The Balaban J connectivity index is 1.00. The normalized spacial score (nSPS) is 51.3. The molecule has 8 fully saturated rings. The molecular formula is C41H67NO8. The minimum Gasteiger partial charge on any atom is -0.457 e. The lowest BCUT2D eigenvalue weighted by Crippen LogP contribution is -2.60. The molecular weight excluding hydrogens is 634 g/mol. The van der Waals surface area contributed by atoms with Gasteiger partial charge >= 0.3 is 5.97 Å². The Morgan fingerprint density at radius 1 is 0.980 bits per heavy atom. The number of aliphatic hydroxyl groups excluding tert-OH is 2. The second-order valence-electron chi connectivity index (χ2n) is 19.4. The third-order valence-electron chi connectivity index (χ3n) is 17.3. The molecule has 8 rings (SSSR count). The molecule has 50 heavy (non-hydrogen) atoms. The number of hydrogen-bond acceptors (Lipinski definition) is 9. The summed E-state index contributed by atoms with van der Waals surface area (Å²) in [5, 5.41) is 23.3. The summed E-state index contributed by atoms with van der Waals surface area (Å²) in [6.07, 6.45) is 8.58. The summed E-state index contributed by atoms with van der Waals surface area (Å²) in [7, 11) is 0. The molecule has 0 aromatic rings. The zero-order chi connectivity index (χ0) is 35.4.